The number of carbonyl (C=O) groups excluding carboxylic acids is 1. The number of piperidine rings is 1. The summed E-state index contributed by atoms with van der Waals surface area (Å²) >= 11 is 0. The zero-order chi connectivity index (χ0) is 27.5. The number of likely N-dealkylation sites (tertiary alicyclic amines) is 1. The van der Waals surface area contributed by atoms with Gasteiger partial charge in [-0.05, 0) is 43.2 Å². The zero-order valence-electron chi connectivity index (χ0n) is 21.9. The number of halogens is 3. The summed E-state index contributed by atoms with van der Waals surface area (Å²) in [6.07, 6.45) is 1.50. The molecule has 1 amide bonds. The molecule has 208 valence electrons. The maximum absolute atomic E-state index is 13.6. The molecular formula is C28H37F3N4O3. The smallest absolute Gasteiger partial charge is 0.229 e. The van der Waals surface area contributed by atoms with E-state index in [0.29, 0.717) is 24.9 Å². The van der Waals surface area contributed by atoms with Crippen molar-refractivity contribution in [1.29, 1.82) is 0 Å². The average molecular weight is 535 g/mol. The van der Waals surface area contributed by atoms with Gasteiger partial charge < -0.3 is 29.9 Å². The largest absolute Gasteiger partial charge is 0.389 e. The second-order valence-corrected chi connectivity index (χ2v) is 9.30. The van der Waals surface area contributed by atoms with Crippen molar-refractivity contribution in [2.45, 2.75) is 38.5 Å². The molecule has 1 fully saturated rings. The van der Waals surface area contributed by atoms with E-state index in [0.717, 1.165) is 53.8 Å². The van der Waals surface area contributed by atoms with Gasteiger partial charge in [0.15, 0.2) is 0 Å². The van der Waals surface area contributed by atoms with Crippen LogP contribution in [0.1, 0.15) is 19.8 Å². The van der Waals surface area contributed by atoms with Crippen molar-refractivity contribution in [3.8, 4) is 11.3 Å². The lowest BCUT2D eigenvalue weighted by Gasteiger charge is -2.34. The lowest BCUT2D eigenvalue weighted by molar-refractivity contribution is -0.114. The topological polar surface area (TPSA) is 78.8 Å². The van der Waals surface area contributed by atoms with Crippen LogP contribution in [-0.2, 0) is 16.1 Å². The highest BCUT2D eigenvalue weighted by molar-refractivity contribution is 5.97. The Labute approximate surface area is 221 Å². The number of rotatable bonds is 10. The van der Waals surface area contributed by atoms with Crippen molar-refractivity contribution < 1.29 is 27.8 Å². The van der Waals surface area contributed by atoms with Crippen LogP contribution in [0.15, 0.2) is 48.5 Å². The number of aliphatic hydroxyl groups excluding tert-OH is 1. The van der Waals surface area contributed by atoms with Crippen LogP contribution in [0.25, 0.3) is 22.2 Å². The van der Waals surface area contributed by atoms with E-state index in [-0.39, 0.29) is 12.5 Å². The van der Waals surface area contributed by atoms with Crippen LogP contribution in [0.3, 0.4) is 0 Å². The Hall–Kier alpha value is -3.08. The van der Waals surface area contributed by atoms with Gasteiger partial charge in [0.1, 0.15) is 6.67 Å². The van der Waals surface area contributed by atoms with Gasteiger partial charge in [-0.1, -0.05) is 18.2 Å². The molecule has 2 heterocycles. The Morgan fingerprint density at radius 2 is 1.84 bits per heavy atom. The predicted molar refractivity (Wildman–Crippen MR) is 146 cm³/mol. The van der Waals surface area contributed by atoms with Crippen molar-refractivity contribution in [3.05, 3.63) is 48.5 Å². The quantitative estimate of drug-likeness (QED) is 0.341. The van der Waals surface area contributed by atoms with Crippen LogP contribution in [0.5, 0.6) is 0 Å². The number of fused-ring (bicyclic) bond motifs is 1. The van der Waals surface area contributed by atoms with E-state index in [9.17, 15) is 23.1 Å². The molecule has 0 bridgehead atoms. The Morgan fingerprint density at radius 1 is 1.13 bits per heavy atom. The Bertz CT molecular complexity index is 1170. The third kappa shape index (κ3) is 7.96. The first-order chi connectivity index (χ1) is 18.4. The first-order valence-corrected chi connectivity index (χ1v) is 12.7. The van der Waals surface area contributed by atoms with Crippen LogP contribution < -0.4 is 10.6 Å². The molecule has 0 spiro atoms. The van der Waals surface area contributed by atoms with Gasteiger partial charge in [0.25, 0.3) is 0 Å². The molecular weight excluding hydrogens is 497 g/mol. The SMILES string of the molecule is COCC(O)CN1CCC(Nc2cccc3c2cc(-c2cccc(NC(C)=O)c2)n3CCF)CC1.FCF. The number of carbonyl (C=O) groups is 1. The van der Waals surface area contributed by atoms with E-state index in [1.165, 1.54) is 6.92 Å². The van der Waals surface area contributed by atoms with Crippen molar-refractivity contribution in [1.82, 2.24) is 9.47 Å². The first-order valence-electron chi connectivity index (χ1n) is 12.7. The molecule has 38 heavy (non-hydrogen) atoms. The summed E-state index contributed by atoms with van der Waals surface area (Å²) in [5, 5.41) is 17.6. The number of alkyl halides is 3. The van der Waals surface area contributed by atoms with E-state index in [2.05, 4.69) is 27.7 Å². The Balaban J connectivity index is 0.00000127. The molecule has 10 heteroatoms. The first kappa shape index (κ1) is 29.5. The summed E-state index contributed by atoms with van der Waals surface area (Å²) in [5.41, 5.74) is 4.58. The van der Waals surface area contributed by atoms with Gasteiger partial charge in [-0.15, -0.1) is 0 Å². The number of β-amino-alcohol motifs (C(OH)–C–C–N with tert-alkyl or cyclic N) is 1. The number of benzene rings is 2. The number of amides is 1. The Morgan fingerprint density at radius 3 is 2.50 bits per heavy atom. The van der Waals surface area contributed by atoms with Gasteiger partial charge in [0.05, 0.1) is 24.8 Å². The molecule has 3 N–H and O–H groups in total. The van der Waals surface area contributed by atoms with Crippen molar-refractivity contribution >= 4 is 28.2 Å². The van der Waals surface area contributed by atoms with Crippen molar-refractivity contribution in [2.24, 2.45) is 0 Å². The van der Waals surface area contributed by atoms with Crippen LogP contribution in [0.4, 0.5) is 24.5 Å². The molecule has 0 saturated carbocycles. The minimum atomic E-state index is -1.75. The van der Waals surface area contributed by atoms with E-state index in [1.54, 1.807) is 7.11 Å². The fourth-order valence-electron chi connectivity index (χ4n) is 4.96. The Kier molecular flexibility index (Phi) is 11.4. The minimum absolute atomic E-state index is 0.128. The van der Waals surface area contributed by atoms with Crippen LogP contribution >= 0.6 is 0 Å². The number of anilines is 2. The third-order valence-electron chi connectivity index (χ3n) is 6.51. The lowest BCUT2D eigenvalue weighted by atomic mass is 10.0. The number of nitrogens with zero attached hydrogens (tertiary/aromatic N) is 2. The molecule has 0 radical (unpaired) electrons. The zero-order valence-corrected chi connectivity index (χ0v) is 21.9. The normalized spacial score (nSPS) is 15.1. The average Bonchev–Trinajstić information content (AvgIpc) is 3.25. The highest BCUT2D eigenvalue weighted by Crippen LogP contribution is 2.34. The van der Waals surface area contributed by atoms with Crippen molar-refractivity contribution in [2.75, 3.05) is 57.6 Å². The molecule has 2 aromatic carbocycles. The van der Waals surface area contributed by atoms with Gasteiger partial charge in [0.2, 0.25) is 12.8 Å². The van der Waals surface area contributed by atoms with Crippen LogP contribution in [0, 0.1) is 0 Å². The predicted octanol–water partition coefficient (Wildman–Crippen LogP) is 5.00. The standard InChI is InChI=1S/C27H35FN4O3.CH2F2/c1-19(33)29-22-6-3-5-20(15-22)27-16-24-25(7-4-8-26(24)32(27)14-11-28)30-21-9-12-31(13-10-21)17-23(34)18-35-2;2-1-3/h3-8,15-16,21,23,30,34H,9-14,17-18H2,1-2H3,(H,29,33);1H2. The fraction of sp³-hybridized carbons (Fsp3) is 0.464. The summed E-state index contributed by atoms with van der Waals surface area (Å²) in [4.78, 5) is 13.8. The number of ether oxygens (including phenoxy) is 1. The summed E-state index contributed by atoms with van der Waals surface area (Å²) < 4.78 is 39.9. The molecule has 1 atom stereocenters. The van der Waals surface area contributed by atoms with Gasteiger partial charge in [-0.2, -0.15) is 0 Å². The van der Waals surface area contributed by atoms with E-state index in [4.69, 9.17) is 4.74 Å². The highest BCUT2D eigenvalue weighted by atomic mass is 19.3. The molecule has 0 aliphatic carbocycles. The molecule has 4 rings (SSSR count). The van der Waals surface area contributed by atoms with Gasteiger partial charge in [-0.25, -0.2) is 13.2 Å². The minimum Gasteiger partial charge on any atom is -0.389 e. The molecule has 1 aliphatic rings. The monoisotopic (exact) mass is 534 g/mol. The van der Waals surface area contributed by atoms with Gasteiger partial charge in [0, 0.05) is 67.7 Å². The highest BCUT2D eigenvalue weighted by Gasteiger charge is 2.22. The maximum atomic E-state index is 13.6. The number of methoxy groups -OCH3 is 1. The summed E-state index contributed by atoms with van der Waals surface area (Å²) in [5.74, 6) is -0.128. The second-order valence-electron chi connectivity index (χ2n) is 9.30. The molecule has 1 unspecified atom stereocenters. The fourth-order valence-corrected chi connectivity index (χ4v) is 4.96. The molecule has 7 nitrogen and oxygen atoms in total. The molecule has 1 aliphatic heterocycles. The number of hydrogen-bond donors (Lipinski definition) is 3. The number of aliphatic hydroxyl groups is 1. The van der Waals surface area contributed by atoms with Gasteiger partial charge >= 0.3 is 0 Å². The van der Waals surface area contributed by atoms with E-state index < -0.39 is 19.7 Å². The number of hydrogen-bond acceptors (Lipinski definition) is 5. The van der Waals surface area contributed by atoms with Crippen molar-refractivity contribution in [3.63, 3.8) is 0 Å². The molecule has 3 aromatic rings. The number of aromatic nitrogens is 1. The maximum Gasteiger partial charge on any atom is 0.229 e. The second kappa shape index (κ2) is 14.8. The van der Waals surface area contributed by atoms with Crippen LogP contribution in [-0.4, -0.2) is 79.6 Å². The van der Waals surface area contributed by atoms with Crippen LogP contribution in [0.2, 0.25) is 0 Å². The summed E-state index contributed by atoms with van der Waals surface area (Å²) in [6.45, 7) is 2.34. The lowest BCUT2D eigenvalue weighted by Crippen LogP contribution is -2.43. The molecule has 1 saturated heterocycles. The molecule has 1 aromatic heterocycles. The number of nitrogens with one attached hydrogen (secondary N) is 2. The number of aryl methyl sites for hydroxylation is 1. The van der Waals surface area contributed by atoms with E-state index in [1.807, 2.05) is 41.0 Å². The third-order valence-corrected chi connectivity index (χ3v) is 6.51. The summed E-state index contributed by atoms with van der Waals surface area (Å²) in [7, 11) is 1.60. The van der Waals surface area contributed by atoms with E-state index >= 15 is 0 Å². The van der Waals surface area contributed by atoms with Gasteiger partial charge in [-0.3, -0.25) is 4.79 Å². The summed E-state index contributed by atoms with van der Waals surface area (Å²) in [6, 6.07) is 16.2.